The summed E-state index contributed by atoms with van der Waals surface area (Å²) in [5, 5.41) is 8.97. The summed E-state index contributed by atoms with van der Waals surface area (Å²) in [7, 11) is 0. The zero-order chi connectivity index (χ0) is 21.6. The van der Waals surface area contributed by atoms with Crippen LogP contribution in [0.2, 0.25) is 0 Å². The Bertz CT molecular complexity index is 1090. The predicted octanol–water partition coefficient (Wildman–Crippen LogP) is 4.07. The fraction of sp³-hybridized carbons (Fsp3) is 0.190. The number of alkyl halides is 4. The first kappa shape index (κ1) is 20.0. The predicted molar refractivity (Wildman–Crippen MR) is 98.1 cm³/mol. The van der Waals surface area contributed by atoms with E-state index in [1.165, 1.54) is 29.7 Å². The molecule has 0 aliphatic heterocycles. The standard InChI is InChI=1S/C21H15F4N3O2/c22-20(18(29)28-30)12-19(20,14-4-2-1-3-5-14)15-8-6-13(7-9-15)17-26-11-10-16(27-17)21(23,24)25/h1-11,30H,12H2,(H,28,29)/t19-,20+/m0/s1. The Kier molecular flexibility index (Phi) is 4.58. The van der Waals surface area contributed by atoms with Crippen LogP contribution in [0.3, 0.4) is 0 Å². The number of carbonyl (C=O) groups excluding carboxylic acids is 1. The molecule has 30 heavy (non-hydrogen) atoms. The van der Waals surface area contributed by atoms with Crippen molar-refractivity contribution < 1.29 is 27.6 Å². The van der Waals surface area contributed by atoms with Gasteiger partial charge < -0.3 is 0 Å². The Hall–Kier alpha value is -3.33. The topological polar surface area (TPSA) is 75.1 Å². The number of aromatic nitrogens is 2. The van der Waals surface area contributed by atoms with Crippen molar-refractivity contribution in [2.75, 3.05) is 0 Å². The third-order valence-corrected chi connectivity index (χ3v) is 5.37. The van der Waals surface area contributed by atoms with Gasteiger partial charge in [0.05, 0.1) is 5.41 Å². The number of benzene rings is 2. The smallest absolute Gasteiger partial charge is 0.289 e. The lowest BCUT2D eigenvalue weighted by atomic mass is 9.84. The summed E-state index contributed by atoms with van der Waals surface area (Å²) >= 11 is 0. The van der Waals surface area contributed by atoms with E-state index in [1.807, 2.05) is 0 Å². The normalized spacial score (nSPS) is 23.1. The molecule has 1 fully saturated rings. The average molecular weight is 417 g/mol. The van der Waals surface area contributed by atoms with Crippen LogP contribution >= 0.6 is 0 Å². The molecule has 9 heteroatoms. The zero-order valence-electron chi connectivity index (χ0n) is 15.3. The molecule has 2 atom stereocenters. The van der Waals surface area contributed by atoms with Crippen molar-refractivity contribution in [1.82, 2.24) is 15.4 Å². The molecule has 1 heterocycles. The maximum Gasteiger partial charge on any atom is 0.433 e. The number of hydroxylamine groups is 1. The highest BCUT2D eigenvalue weighted by molar-refractivity contribution is 5.93. The Morgan fingerprint density at radius 3 is 2.23 bits per heavy atom. The quantitative estimate of drug-likeness (QED) is 0.381. The van der Waals surface area contributed by atoms with Crippen molar-refractivity contribution in [2.45, 2.75) is 23.7 Å². The number of nitrogens with one attached hydrogen (secondary N) is 1. The van der Waals surface area contributed by atoms with Gasteiger partial charge in [-0.15, -0.1) is 0 Å². The minimum Gasteiger partial charge on any atom is -0.289 e. The number of halogens is 4. The van der Waals surface area contributed by atoms with Crippen LogP contribution in [0.4, 0.5) is 17.6 Å². The summed E-state index contributed by atoms with van der Waals surface area (Å²) < 4.78 is 54.2. The molecule has 1 amide bonds. The van der Waals surface area contributed by atoms with Crippen LogP contribution in [0.1, 0.15) is 23.2 Å². The first-order chi connectivity index (χ1) is 14.2. The first-order valence-electron chi connectivity index (χ1n) is 8.92. The van der Waals surface area contributed by atoms with Gasteiger partial charge in [0.25, 0.3) is 5.91 Å². The summed E-state index contributed by atoms with van der Waals surface area (Å²) in [6.45, 7) is 0. The van der Waals surface area contributed by atoms with E-state index in [2.05, 4.69) is 9.97 Å². The van der Waals surface area contributed by atoms with Gasteiger partial charge >= 0.3 is 6.18 Å². The van der Waals surface area contributed by atoms with Crippen molar-refractivity contribution in [2.24, 2.45) is 0 Å². The Labute approximate surface area is 168 Å². The summed E-state index contributed by atoms with van der Waals surface area (Å²) in [5.74, 6) is -1.28. The highest BCUT2D eigenvalue weighted by Gasteiger charge is 2.75. The van der Waals surface area contributed by atoms with Gasteiger partial charge in [0.1, 0.15) is 5.69 Å². The number of nitrogens with zero attached hydrogens (tertiary/aromatic N) is 2. The van der Waals surface area contributed by atoms with Crippen molar-refractivity contribution in [1.29, 1.82) is 0 Å². The third kappa shape index (κ3) is 3.02. The number of amides is 1. The summed E-state index contributed by atoms with van der Waals surface area (Å²) in [6.07, 6.45) is -3.77. The zero-order valence-corrected chi connectivity index (χ0v) is 15.3. The molecular weight excluding hydrogens is 402 g/mol. The second-order valence-electron chi connectivity index (χ2n) is 7.03. The largest absolute Gasteiger partial charge is 0.433 e. The van der Waals surface area contributed by atoms with E-state index in [4.69, 9.17) is 5.21 Å². The number of hydrogen-bond acceptors (Lipinski definition) is 4. The van der Waals surface area contributed by atoms with Gasteiger partial charge in [-0.1, -0.05) is 54.6 Å². The molecule has 154 valence electrons. The molecule has 1 aliphatic rings. The van der Waals surface area contributed by atoms with E-state index >= 15 is 4.39 Å². The Morgan fingerprint density at radius 2 is 1.63 bits per heavy atom. The van der Waals surface area contributed by atoms with E-state index in [-0.39, 0.29) is 12.2 Å². The molecule has 0 bridgehead atoms. The maximum absolute atomic E-state index is 15.5. The van der Waals surface area contributed by atoms with Crippen LogP contribution in [-0.4, -0.2) is 26.8 Å². The van der Waals surface area contributed by atoms with Crippen molar-refractivity contribution >= 4 is 5.91 Å². The molecule has 3 aromatic rings. The highest BCUT2D eigenvalue weighted by atomic mass is 19.4. The van der Waals surface area contributed by atoms with Gasteiger partial charge in [-0.05, 0) is 17.2 Å². The fourth-order valence-electron chi connectivity index (χ4n) is 3.79. The van der Waals surface area contributed by atoms with E-state index < -0.39 is 28.9 Å². The fourth-order valence-corrected chi connectivity index (χ4v) is 3.79. The number of hydrogen-bond donors (Lipinski definition) is 2. The van der Waals surface area contributed by atoms with E-state index in [0.717, 1.165) is 12.3 Å². The second kappa shape index (κ2) is 6.88. The van der Waals surface area contributed by atoms with E-state index in [0.29, 0.717) is 16.7 Å². The van der Waals surface area contributed by atoms with Crippen LogP contribution in [0.5, 0.6) is 0 Å². The van der Waals surface area contributed by atoms with E-state index in [1.54, 1.807) is 30.3 Å². The first-order valence-corrected chi connectivity index (χ1v) is 8.92. The minimum atomic E-state index is -4.60. The molecule has 0 saturated heterocycles. The third-order valence-electron chi connectivity index (χ3n) is 5.37. The summed E-state index contributed by atoms with van der Waals surface area (Å²) in [4.78, 5) is 19.4. The van der Waals surface area contributed by atoms with Gasteiger partial charge in [0.15, 0.2) is 5.82 Å². The molecule has 5 nitrogen and oxygen atoms in total. The molecular formula is C21H15F4N3O2. The summed E-state index contributed by atoms with van der Waals surface area (Å²) in [5.41, 5.74) is -2.09. The molecule has 0 spiro atoms. The van der Waals surface area contributed by atoms with Gasteiger partial charge in [-0.3, -0.25) is 10.0 Å². The molecule has 0 radical (unpaired) electrons. The lowest BCUT2D eigenvalue weighted by molar-refractivity contribution is -0.141. The average Bonchev–Trinajstić information content (AvgIpc) is 3.41. The molecule has 2 N–H and O–H groups in total. The second-order valence-corrected chi connectivity index (χ2v) is 7.03. The molecule has 1 aromatic heterocycles. The van der Waals surface area contributed by atoms with Gasteiger partial charge in [-0.2, -0.15) is 13.2 Å². The molecule has 1 aliphatic carbocycles. The van der Waals surface area contributed by atoms with Crippen molar-refractivity contribution in [3.63, 3.8) is 0 Å². The van der Waals surface area contributed by atoms with Crippen LogP contribution in [0.25, 0.3) is 11.4 Å². The number of rotatable bonds is 4. The maximum atomic E-state index is 15.5. The van der Waals surface area contributed by atoms with E-state index in [9.17, 15) is 18.0 Å². The monoisotopic (exact) mass is 417 g/mol. The van der Waals surface area contributed by atoms with Gasteiger partial charge in [0, 0.05) is 18.2 Å². The minimum absolute atomic E-state index is 0.124. The van der Waals surface area contributed by atoms with Crippen LogP contribution in [-0.2, 0) is 16.4 Å². The molecule has 1 saturated carbocycles. The Balaban J connectivity index is 1.75. The summed E-state index contributed by atoms with van der Waals surface area (Å²) in [6, 6.07) is 15.3. The molecule has 0 unspecified atom stereocenters. The SMILES string of the molecule is O=C(NO)[C@]1(F)C[C@]1(c1ccccc1)c1ccc(-c2nccc(C(F)(F)F)n2)cc1. The van der Waals surface area contributed by atoms with Crippen molar-refractivity contribution in [3.05, 3.63) is 83.7 Å². The molecule has 2 aromatic carbocycles. The Morgan fingerprint density at radius 1 is 1.00 bits per heavy atom. The molecule has 4 rings (SSSR count). The highest BCUT2D eigenvalue weighted by Crippen LogP contribution is 2.64. The van der Waals surface area contributed by atoms with Crippen LogP contribution < -0.4 is 5.48 Å². The lowest BCUT2D eigenvalue weighted by Gasteiger charge is -2.21. The van der Waals surface area contributed by atoms with Crippen LogP contribution in [0.15, 0.2) is 66.9 Å². The van der Waals surface area contributed by atoms with Gasteiger partial charge in [0.2, 0.25) is 5.67 Å². The number of carbonyl (C=O) groups is 1. The van der Waals surface area contributed by atoms with Crippen LogP contribution in [0, 0.1) is 0 Å². The van der Waals surface area contributed by atoms with Crippen molar-refractivity contribution in [3.8, 4) is 11.4 Å². The van der Waals surface area contributed by atoms with Gasteiger partial charge in [-0.25, -0.2) is 19.8 Å². The lowest BCUT2D eigenvalue weighted by Crippen LogP contribution is -2.37.